The zero-order valence-electron chi connectivity index (χ0n) is 19.7. The number of fused-ring (bicyclic) bond motifs is 3. The van der Waals surface area contributed by atoms with Crippen molar-refractivity contribution in [2.75, 3.05) is 0 Å². The van der Waals surface area contributed by atoms with Gasteiger partial charge in [-0.2, -0.15) is 9.61 Å². The summed E-state index contributed by atoms with van der Waals surface area (Å²) >= 11 is 0. The molecule has 3 aromatic heterocycles. The van der Waals surface area contributed by atoms with Crippen molar-refractivity contribution in [2.24, 2.45) is 0 Å². The van der Waals surface area contributed by atoms with Gasteiger partial charge in [0, 0.05) is 18.1 Å². The molecule has 31 heavy (non-hydrogen) atoms. The van der Waals surface area contributed by atoms with Crippen molar-refractivity contribution in [3.63, 3.8) is 0 Å². The molecule has 1 aromatic carbocycles. The molecule has 0 radical (unpaired) electrons. The van der Waals surface area contributed by atoms with Crippen LogP contribution in [0.15, 0.2) is 24.4 Å². The second-order valence-electron chi connectivity index (χ2n) is 8.83. The number of hydrogen-bond acceptors (Lipinski definition) is 2. The molecule has 0 spiro atoms. The molecule has 4 nitrogen and oxygen atoms in total. The third-order valence-electron chi connectivity index (χ3n) is 6.26. The Kier molecular flexibility index (Phi) is 7.10. The first-order valence-corrected chi connectivity index (χ1v) is 11.3. The topological polar surface area (TPSA) is 35.1 Å². The largest absolute Gasteiger partial charge is 0.332 e. The minimum absolute atomic E-state index is 0. The van der Waals surface area contributed by atoms with E-state index in [1.165, 1.54) is 71.0 Å². The van der Waals surface area contributed by atoms with Crippen molar-refractivity contribution in [1.29, 1.82) is 0 Å². The smallest absolute Gasteiger partial charge is 0.165 e. The van der Waals surface area contributed by atoms with Crippen LogP contribution in [0, 0.1) is 34.6 Å². The van der Waals surface area contributed by atoms with Gasteiger partial charge < -0.3 is 4.57 Å². The predicted molar refractivity (Wildman–Crippen MR) is 134 cm³/mol. The molecular weight excluding hydrogens is 404 g/mol. The Morgan fingerprint density at radius 1 is 0.839 bits per heavy atom. The Morgan fingerprint density at radius 2 is 1.52 bits per heavy atom. The summed E-state index contributed by atoms with van der Waals surface area (Å²) in [7, 11) is 0. The molecule has 0 bridgehead atoms. The second kappa shape index (κ2) is 9.44. The highest BCUT2D eigenvalue weighted by Crippen LogP contribution is 2.35. The minimum Gasteiger partial charge on any atom is -0.332 e. The number of unbranched alkanes of at least 4 members (excludes halogenated alkanes) is 4. The number of aromatic nitrogens is 4. The molecule has 5 heteroatoms. The average molecular weight is 439 g/mol. The molecule has 166 valence electrons. The van der Waals surface area contributed by atoms with Crippen molar-refractivity contribution < 1.29 is 0 Å². The molecule has 0 amide bonds. The molecule has 0 fully saturated rings. The summed E-state index contributed by atoms with van der Waals surface area (Å²) in [5, 5.41) is 6.18. The van der Waals surface area contributed by atoms with Gasteiger partial charge in [0.15, 0.2) is 5.65 Å². The van der Waals surface area contributed by atoms with Gasteiger partial charge in [0.1, 0.15) is 5.65 Å². The lowest BCUT2D eigenvalue weighted by Gasteiger charge is -2.12. The van der Waals surface area contributed by atoms with Crippen LogP contribution in [0.5, 0.6) is 0 Å². The molecular formula is C26H35ClN4. The maximum absolute atomic E-state index is 5.03. The van der Waals surface area contributed by atoms with Crippen molar-refractivity contribution in [3.05, 3.63) is 52.5 Å². The Hall–Kier alpha value is -2.33. The molecule has 0 unspecified atom stereocenters. The standard InChI is InChI=1S/C26H34N4.ClH/c1-7-8-9-10-11-13-29-14-12-22-20(5)27-25-24(21(6)28-30(25)26(22)29)23-18(3)15-17(2)16-19(23)4;/h12,14-16H,7-11,13H2,1-6H3;1H. The molecule has 0 saturated heterocycles. The van der Waals surface area contributed by atoms with E-state index in [2.05, 4.69) is 75.0 Å². The molecule has 4 aromatic rings. The Morgan fingerprint density at radius 3 is 2.19 bits per heavy atom. The molecule has 0 saturated carbocycles. The van der Waals surface area contributed by atoms with E-state index in [9.17, 15) is 0 Å². The third-order valence-corrected chi connectivity index (χ3v) is 6.26. The number of benzene rings is 1. The first-order valence-electron chi connectivity index (χ1n) is 11.3. The van der Waals surface area contributed by atoms with Crippen molar-refractivity contribution >= 4 is 29.1 Å². The predicted octanol–water partition coefficient (Wildman–Crippen LogP) is 7.29. The quantitative estimate of drug-likeness (QED) is 0.284. The lowest BCUT2D eigenvalue weighted by atomic mass is 9.94. The van der Waals surface area contributed by atoms with Crippen LogP contribution in [0.25, 0.3) is 27.8 Å². The Balaban J connectivity index is 0.00000272. The fraction of sp³-hybridized carbons (Fsp3) is 0.462. The molecule has 4 rings (SSSR count). The van der Waals surface area contributed by atoms with E-state index in [0.717, 1.165) is 23.6 Å². The van der Waals surface area contributed by atoms with E-state index in [4.69, 9.17) is 10.1 Å². The minimum atomic E-state index is 0. The van der Waals surface area contributed by atoms with Crippen LogP contribution in [0.2, 0.25) is 0 Å². The number of hydrogen-bond donors (Lipinski definition) is 0. The van der Waals surface area contributed by atoms with E-state index in [-0.39, 0.29) is 12.4 Å². The van der Waals surface area contributed by atoms with Crippen LogP contribution in [0.3, 0.4) is 0 Å². The summed E-state index contributed by atoms with van der Waals surface area (Å²) < 4.78 is 4.45. The van der Waals surface area contributed by atoms with Gasteiger partial charge in [-0.05, 0) is 63.8 Å². The van der Waals surface area contributed by atoms with Gasteiger partial charge in [-0.3, -0.25) is 0 Å². The first kappa shape index (κ1) is 23.3. The number of nitrogens with zero attached hydrogens (tertiary/aromatic N) is 4. The van der Waals surface area contributed by atoms with Gasteiger partial charge in [0.25, 0.3) is 0 Å². The van der Waals surface area contributed by atoms with E-state index in [1.807, 2.05) is 0 Å². The zero-order chi connectivity index (χ0) is 21.4. The van der Waals surface area contributed by atoms with Crippen molar-refractivity contribution in [2.45, 2.75) is 80.2 Å². The highest BCUT2D eigenvalue weighted by molar-refractivity contribution is 5.89. The molecule has 0 N–H and O–H groups in total. The number of halogens is 1. The van der Waals surface area contributed by atoms with Crippen LogP contribution < -0.4 is 0 Å². The van der Waals surface area contributed by atoms with Gasteiger partial charge in [-0.25, -0.2) is 4.98 Å². The SMILES string of the molecule is CCCCCCCn1ccc2c(C)nc3c(-c4c(C)cc(C)cc4C)c(C)nn3c21.Cl. The highest BCUT2D eigenvalue weighted by atomic mass is 35.5. The normalized spacial score (nSPS) is 11.4. The number of rotatable bonds is 7. The summed E-state index contributed by atoms with van der Waals surface area (Å²) in [6.45, 7) is 14.1. The maximum atomic E-state index is 5.03. The van der Waals surface area contributed by atoms with Gasteiger partial charge in [-0.15, -0.1) is 12.4 Å². The summed E-state index contributed by atoms with van der Waals surface area (Å²) in [6.07, 6.45) is 8.63. The van der Waals surface area contributed by atoms with E-state index < -0.39 is 0 Å². The summed E-state index contributed by atoms with van der Waals surface area (Å²) in [5.41, 5.74) is 10.6. The van der Waals surface area contributed by atoms with Gasteiger partial charge in [0.2, 0.25) is 0 Å². The number of aryl methyl sites for hydroxylation is 6. The zero-order valence-corrected chi connectivity index (χ0v) is 20.6. The molecule has 3 heterocycles. The van der Waals surface area contributed by atoms with E-state index in [1.54, 1.807) is 0 Å². The van der Waals surface area contributed by atoms with Crippen molar-refractivity contribution in [3.8, 4) is 11.1 Å². The second-order valence-corrected chi connectivity index (χ2v) is 8.83. The first-order chi connectivity index (χ1) is 14.4. The molecule has 0 aliphatic heterocycles. The summed E-state index contributed by atoms with van der Waals surface area (Å²) in [5.74, 6) is 0. The average Bonchev–Trinajstić information content (AvgIpc) is 3.23. The van der Waals surface area contributed by atoms with Crippen LogP contribution >= 0.6 is 12.4 Å². The molecule has 0 atom stereocenters. The van der Waals surface area contributed by atoms with Crippen molar-refractivity contribution in [1.82, 2.24) is 19.2 Å². The van der Waals surface area contributed by atoms with Crippen LogP contribution in [-0.2, 0) is 6.54 Å². The van der Waals surface area contributed by atoms with E-state index >= 15 is 0 Å². The van der Waals surface area contributed by atoms with Crippen LogP contribution in [-0.4, -0.2) is 19.2 Å². The lowest BCUT2D eigenvalue weighted by Crippen LogP contribution is -2.04. The maximum Gasteiger partial charge on any atom is 0.165 e. The third kappa shape index (κ3) is 4.23. The van der Waals surface area contributed by atoms with Crippen LogP contribution in [0.1, 0.15) is 67.1 Å². The molecule has 0 aliphatic rings. The summed E-state index contributed by atoms with van der Waals surface area (Å²) in [4.78, 5) is 5.03. The Bertz CT molecular complexity index is 1190. The fourth-order valence-corrected chi connectivity index (χ4v) is 4.90. The summed E-state index contributed by atoms with van der Waals surface area (Å²) in [6, 6.07) is 6.72. The van der Waals surface area contributed by atoms with E-state index in [0.29, 0.717) is 0 Å². The lowest BCUT2D eigenvalue weighted by molar-refractivity contribution is 0.573. The highest BCUT2D eigenvalue weighted by Gasteiger charge is 2.21. The van der Waals surface area contributed by atoms with Crippen LogP contribution in [0.4, 0.5) is 0 Å². The molecule has 0 aliphatic carbocycles. The monoisotopic (exact) mass is 438 g/mol. The van der Waals surface area contributed by atoms with Gasteiger partial charge >= 0.3 is 0 Å². The van der Waals surface area contributed by atoms with Gasteiger partial charge in [0.05, 0.1) is 17.0 Å². The Labute approximate surface area is 192 Å². The van der Waals surface area contributed by atoms with Gasteiger partial charge in [-0.1, -0.05) is 50.3 Å². The fourth-order valence-electron chi connectivity index (χ4n) is 4.90.